The number of pyridine rings is 1. The van der Waals surface area contributed by atoms with Crippen molar-refractivity contribution in [2.75, 3.05) is 24.9 Å². The zero-order valence-corrected chi connectivity index (χ0v) is 19.0. The lowest BCUT2D eigenvalue weighted by Gasteiger charge is -2.07. The number of amides is 2. The average molecular weight is 482 g/mol. The highest BCUT2D eigenvalue weighted by Gasteiger charge is 2.14. The zero-order chi connectivity index (χ0) is 24.2. The van der Waals surface area contributed by atoms with Gasteiger partial charge in [0.15, 0.2) is 5.65 Å². The SMILES string of the molecule is COc1ccc(NC(=O)c2ccc3nn(CC(=O)Nc4ccc(OC)c(Cl)c4)c(=O)n3c2)cc1. The number of hydrogen-bond donors (Lipinski definition) is 2. The van der Waals surface area contributed by atoms with Crippen molar-refractivity contribution in [1.29, 1.82) is 0 Å². The van der Waals surface area contributed by atoms with E-state index in [1.165, 1.54) is 23.8 Å². The summed E-state index contributed by atoms with van der Waals surface area (Å²) >= 11 is 6.07. The number of ether oxygens (including phenoxy) is 2. The maximum Gasteiger partial charge on any atom is 0.350 e. The summed E-state index contributed by atoms with van der Waals surface area (Å²) in [5, 5.41) is 9.91. The Hall–Kier alpha value is -4.31. The van der Waals surface area contributed by atoms with Crippen LogP contribution in [-0.2, 0) is 11.3 Å². The van der Waals surface area contributed by atoms with Gasteiger partial charge in [0.1, 0.15) is 18.0 Å². The van der Waals surface area contributed by atoms with Crippen LogP contribution in [0.5, 0.6) is 11.5 Å². The number of carbonyl (C=O) groups is 2. The number of benzene rings is 2. The number of rotatable bonds is 7. The Labute approximate surface area is 198 Å². The summed E-state index contributed by atoms with van der Waals surface area (Å²) in [5.74, 6) is 0.269. The monoisotopic (exact) mass is 481 g/mol. The normalized spacial score (nSPS) is 10.7. The first-order valence-electron chi connectivity index (χ1n) is 10.1. The molecule has 2 heterocycles. The molecule has 2 N–H and O–H groups in total. The lowest BCUT2D eigenvalue weighted by molar-refractivity contribution is -0.117. The molecule has 0 atom stereocenters. The Bertz CT molecular complexity index is 1430. The van der Waals surface area contributed by atoms with E-state index in [0.29, 0.717) is 33.5 Å². The van der Waals surface area contributed by atoms with Crippen molar-refractivity contribution >= 4 is 40.4 Å². The van der Waals surface area contributed by atoms with Crippen molar-refractivity contribution in [3.05, 3.63) is 81.9 Å². The number of carbonyl (C=O) groups excluding carboxylic acids is 2. The molecule has 11 heteroatoms. The van der Waals surface area contributed by atoms with Crippen LogP contribution in [0, 0.1) is 0 Å². The third kappa shape index (κ3) is 4.86. The number of fused-ring (bicyclic) bond motifs is 1. The van der Waals surface area contributed by atoms with E-state index in [9.17, 15) is 14.4 Å². The molecule has 2 aromatic heterocycles. The number of hydrogen-bond acceptors (Lipinski definition) is 6. The van der Waals surface area contributed by atoms with Crippen molar-refractivity contribution in [3.8, 4) is 11.5 Å². The summed E-state index contributed by atoms with van der Waals surface area (Å²) in [6, 6.07) is 14.7. The van der Waals surface area contributed by atoms with Crippen LogP contribution in [0.4, 0.5) is 11.4 Å². The molecule has 0 aliphatic rings. The third-order valence-electron chi connectivity index (χ3n) is 4.92. The first-order valence-corrected chi connectivity index (χ1v) is 10.4. The van der Waals surface area contributed by atoms with Gasteiger partial charge in [0.2, 0.25) is 5.91 Å². The highest BCUT2D eigenvalue weighted by molar-refractivity contribution is 6.32. The van der Waals surface area contributed by atoms with Crippen LogP contribution in [0.3, 0.4) is 0 Å². The lowest BCUT2D eigenvalue weighted by atomic mass is 10.2. The quantitative estimate of drug-likeness (QED) is 0.419. The van der Waals surface area contributed by atoms with Gasteiger partial charge in [-0.15, -0.1) is 5.10 Å². The van der Waals surface area contributed by atoms with Gasteiger partial charge in [-0.3, -0.25) is 9.59 Å². The van der Waals surface area contributed by atoms with Gasteiger partial charge in [-0.2, -0.15) is 0 Å². The standard InChI is InChI=1S/C23H20ClN5O5/c1-33-17-7-4-15(5-8-17)26-22(31)14-3-10-20-27-29(23(32)28(20)12-14)13-21(30)25-16-6-9-19(34-2)18(24)11-16/h3-12H,13H2,1-2H3,(H,25,30)(H,26,31). The molecular weight excluding hydrogens is 462 g/mol. The minimum absolute atomic E-state index is 0.252. The predicted octanol–water partition coefficient (Wildman–Crippen LogP) is 3.06. The third-order valence-corrected chi connectivity index (χ3v) is 5.21. The van der Waals surface area contributed by atoms with Gasteiger partial charge in [0.05, 0.1) is 24.8 Å². The molecule has 0 radical (unpaired) electrons. The van der Waals surface area contributed by atoms with Crippen molar-refractivity contribution in [1.82, 2.24) is 14.2 Å². The molecular formula is C23H20ClN5O5. The Morgan fingerprint density at radius 3 is 2.38 bits per heavy atom. The second-order valence-electron chi connectivity index (χ2n) is 7.17. The smallest absolute Gasteiger partial charge is 0.350 e. The maximum atomic E-state index is 12.8. The van der Waals surface area contributed by atoms with Crippen LogP contribution in [0.15, 0.2) is 65.6 Å². The van der Waals surface area contributed by atoms with E-state index in [-0.39, 0.29) is 12.1 Å². The summed E-state index contributed by atoms with van der Waals surface area (Å²) < 4.78 is 12.4. The largest absolute Gasteiger partial charge is 0.497 e. The molecule has 34 heavy (non-hydrogen) atoms. The van der Waals surface area contributed by atoms with Gasteiger partial charge in [-0.1, -0.05) is 11.6 Å². The van der Waals surface area contributed by atoms with Gasteiger partial charge in [-0.25, -0.2) is 13.9 Å². The summed E-state index contributed by atoms with van der Waals surface area (Å²) in [6.07, 6.45) is 1.38. The molecule has 0 fully saturated rings. The predicted molar refractivity (Wildman–Crippen MR) is 127 cm³/mol. The average Bonchev–Trinajstić information content (AvgIpc) is 3.14. The van der Waals surface area contributed by atoms with Crippen molar-refractivity contribution in [2.45, 2.75) is 6.54 Å². The molecule has 2 aromatic carbocycles. The molecule has 0 unspecified atom stereocenters. The summed E-state index contributed by atoms with van der Waals surface area (Å²) in [4.78, 5) is 37.8. The second-order valence-corrected chi connectivity index (χ2v) is 7.57. The van der Waals surface area contributed by atoms with Crippen LogP contribution in [0.1, 0.15) is 10.4 Å². The van der Waals surface area contributed by atoms with Crippen molar-refractivity contribution in [2.24, 2.45) is 0 Å². The Balaban J connectivity index is 1.49. The fraction of sp³-hybridized carbons (Fsp3) is 0.130. The molecule has 0 saturated heterocycles. The first kappa shape index (κ1) is 22.9. The van der Waals surface area contributed by atoms with E-state index in [0.717, 1.165) is 4.68 Å². The molecule has 2 amide bonds. The summed E-state index contributed by atoms with van der Waals surface area (Å²) in [6.45, 7) is -0.322. The highest BCUT2D eigenvalue weighted by Crippen LogP contribution is 2.27. The summed E-state index contributed by atoms with van der Waals surface area (Å²) in [5.41, 5.74) is 1.01. The highest BCUT2D eigenvalue weighted by atomic mass is 35.5. The van der Waals surface area contributed by atoms with Crippen molar-refractivity contribution in [3.63, 3.8) is 0 Å². The Morgan fingerprint density at radius 2 is 1.71 bits per heavy atom. The van der Waals surface area contributed by atoms with E-state index in [2.05, 4.69) is 15.7 Å². The molecule has 10 nitrogen and oxygen atoms in total. The van der Waals surface area contributed by atoms with E-state index >= 15 is 0 Å². The molecule has 0 aliphatic carbocycles. The number of nitrogens with one attached hydrogen (secondary N) is 2. The van der Waals surface area contributed by atoms with Gasteiger partial charge in [0, 0.05) is 17.6 Å². The fourth-order valence-corrected chi connectivity index (χ4v) is 3.47. The molecule has 0 spiro atoms. The molecule has 0 aliphatic heterocycles. The van der Waals surface area contributed by atoms with E-state index in [4.69, 9.17) is 21.1 Å². The molecule has 174 valence electrons. The minimum Gasteiger partial charge on any atom is -0.497 e. The molecule has 4 rings (SSSR count). The minimum atomic E-state index is -0.558. The number of aromatic nitrogens is 3. The Kier molecular flexibility index (Phi) is 6.51. The number of methoxy groups -OCH3 is 2. The van der Waals surface area contributed by atoms with Gasteiger partial charge in [0.25, 0.3) is 5.91 Å². The molecule has 0 bridgehead atoms. The van der Waals surface area contributed by atoms with E-state index < -0.39 is 17.5 Å². The summed E-state index contributed by atoms with van der Waals surface area (Å²) in [7, 11) is 3.04. The van der Waals surface area contributed by atoms with Crippen LogP contribution >= 0.6 is 11.6 Å². The van der Waals surface area contributed by atoms with Crippen LogP contribution < -0.4 is 25.8 Å². The van der Waals surface area contributed by atoms with Gasteiger partial charge < -0.3 is 20.1 Å². The topological polar surface area (TPSA) is 116 Å². The van der Waals surface area contributed by atoms with Crippen LogP contribution in [0.25, 0.3) is 5.65 Å². The zero-order valence-electron chi connectivity index (χ0n) is 18.2. The number of halogens is 1. The van der Waals surface area contributed by atoms with Crippen LogP contribution in [0.2, 0.25) is 5.02 Å². The molecule has 0 saturated carbocycles. The number of nitrogens with zero attached hydrogens (tertiary/aromatic N) is 3. The molecule has 4 aromatic rings. The maximum absolute atomic E-state index is 12.8. The van der Waals surface area contributed by atoms with E-state index in [1.807, 2.05) is 0 Å². The van der Waals surface area contributed by atoms with Gasteiger partial charge >= 0.3 is 5.69 Å². The van der Waals surface area contributed by atoms with E-state index in [1.54, 1.807) is 55.6 Å². The number of anilines is 2. The fourth-order valence-electron chi connectivity index (χ4n) is 3.21. The first-order chi connectivity index (χ1) is 16.4. The lowest BCUT2D eigenvalue weighted by Crippen LogP contribution is -2.28. The second kappa shape index (κ2) is 9.67. The van der Waals surface area contributed by atoms with Crippen LogP contribution in [-0.4, -0.2) is 40.2 Å². The van der Waals surface area contributed by atoms with Crippen molar-refractivity contribution < 1.29 is 19.1 Å². The van der Waals surface area contributed by atoms with Gasteiger partial charge in [-0.05, 0) is 54.6 Å². The Morgan fingerprint density at radius 1 is 0.971 bits per heavy atom.